The van der Waals surface area contributed by atoms with E-state index in [-0.39, 0.29) is 11.7 Å². The lowest BCUT2D eigenvalue weighted by Crippen LogP contribution is -2.32. The van der Waals surface area contributed by atoms with E-state index in [1.165, 1.54) is 24.2 Å². The minimum atomic E-state index is -0.220. The van der Waals surface area contributed by atoms with Gasteiger partial charge in [-0.25, -0.2) is 4.98 Å². The van der Waals surface area contributed by atoms with Gasteiger partial charge in [-0.2, -0.15) is 0 Å². The summed E-state index contributed by atoms with van der Waals surface area (Å²) in [6.45, 7) is 7.21. The van der Waals surface area contributed by atoms with Gasteiger partial charge in [-0.3, -0.25) is 19.8 Å². The second-order valence-corrected chi connectivity index (χ2v) is 8.67. The van der Waals surface area contributed by atoms with Crippen molar-refractivity contribution in [3.8, 4) is 0 Å². The van der Waals surface area contributed by atoms with E-state index >= 15 is 0 Å². The highest BCUT2D eigenvalue weighted by Gasteiger charge is 2.26. The normalized spacial score (nSPS) is 18.5. The number of H-pyrrole nitrogens is 1. The maximum absolute atomic E-state index is 12.7. The molecular formula is C20H26N4O2S. The third-order valence-electron chi connectivity index (χ3n) is 5.70. The first-order valence-electron chi connectivity index (χ1n) is 9.74. The van der Waals surface area contributed by atoms with E-state index in [0.717, 1.165) is 55.3 Å². The van der Waals surface area contributed by atoms with Crippen LogP contribution in [0.15, 0.2) is 5.38 Å². The number of hydrogen-bond acceptors (Lipinski definition) is 5. The lowest BCUT2D eigenvalue weighted by atomic mass is 9.94. The number of aromatic nitrogens is 2. The van der Waals surface area contributed by atoms with Crippen LogP contribution in [0, 0.1) is 12.8 Å². The number of thiazole rings is 1. The van der Waals surface area contributed by atoms with Crippen LogP contribution in [-0.4, -0.2) is 39.6 Å². The molecule has 0 bridgehead atoms. The first kappa shape index (κ1) is 18.4. The Morgan fingerprint density at radius 2 is 2.15 bits per heavy atom. The number of nitrogens with zero attached hydrogens (tertiary/aromatic N) is 2. The Hall–Kier alpha value is -1.99. The molecule has 1 aliphatic carbocycles. The number of fused-ring (bicyclic) bond motifs is 1. The average Bonchev–Trinajstić information content (AvgIpc) is 3.22. The molecule has 1 aliphatic heterocycles. The molecule has 1 amide bonds. The summed E-state index contributed by atoms with van der Waals surface area (Å²) < 4.78 is 0. The van der Waals surface area contributed by atoms with Crippen LogP contribution < -0.4 is 5.32 Å². The third kappa shape index (κ3) is 3.84. The molecule has 3 heterocycles. The minimum absolute atomic E-state index is 0.136. The molecule has 0 spiro atoms. The number of anilines is 1. The molecule has 2 aromatic heterocycles. The number of nitrogens with one attached hydrogen (secondary N) is 2. The summed E-state index contributed by atoms with van der Waals surface area (Å²) in [5, 5.41) is 5.52. The predicted molar refractivity (Wildman–Crippen MR) is 107 cm³/mol. The molecule has 144 valence electrons. The minimum Gasteiger partial charge on any atom is -0.354 e. The fraction of sp³-hybridized carbons (Fsp3) is 0.550. The smallest absolute Gasteiger partial charge is 0.274 e. The fourth-order valence-corrected chi connectivity index (χ4v) is 4.74. The standard InChI is InChI=1S/C20H26N4O2S/c1-12-6-8-24(9-7-12)10-14-11-27-20(21-14)23-19(26)18-13(2)17-15(22-18)4-3-5-16(17)25/h11-12,22H,3-10H2,1-2H3,(H,21,23,26). The Balaban J connectivity index is 1.42. The molecule has 2 aliphatic rings. The zero-order valence-electron chi connectivity index (χ0n) is 15.9. The summed E-state index contributed by atoms with van der Waals surface area (Å²) in [6, 6.07) is 0. The van der Waals surface area contributed by atoms with Crippen molar-refractivity contribution in [3.05, 3.63) is 33.6 Å². The summed E-state index contributed by atoms with van der Waals surface area (Å²) >= 11 is 1.45. The van der Waals surface area contributed by atoms with Crippen LogP contribution in [-0.2, 0) is 13.0 Å². The van der Waals surface area contributed by atoms with Gasteiger partial charge in [-0.1, -0.05) is 6.92 Å². The molecule has 6 nitrogen and oxygen atoms in total. The summed E-state index contributed by atoms with van der Waals surface area (Å²) in [6.07, 6.45) is 4.72. The quantitative estimate of drug-likeness (QED) is 0.838. The van der Waals surface area contributed by atoms with Crippen LogP contribution in [0.25, 0.3) is 0 Å². The number of aromatic amines is 1. The molecule has 0 unspecified atom stereocenters. The summed E-state index contributed by atoms with van der Waals surface area (Å²) in [4.78, 5) is 35.0. The number of rotatable bonds is 4. The Kier molecular flexibility index (Phi) is 5.14. The van der Waals surface area contributed by atoms with Gasteiger partial charge < -0.3 is 4.98 Å². The maximum atomic E-state index is 12.7. The summed E-state index contributed by atoms with van der Waals surface area (Å²) in [7, 11) is 0. The van der Waals surface area contributed by atoms with Gasteiger partial charge >= 0.3 is 0 Å². The van der Waals surface area contributed by atoms with Crippen LogP contribution in [0.5, 0.6) is 0 Å². The molecule has 0 saturated carbocycles. The number of likely N-dealkylation sites (tertiary alicyclic amines) is 1. The van der Waals surface area contributed by atoms with Crippen molar-refractivity contribution < 1.29 is 9.59 Å². The number of aryl methyl sites for hydroxylation is 1. The first-order chi connectivity index (χ1) is 13.0. The van der Waals surface area contributed by atoms with Gasteiger partial charge in [0, 0.05) is 29.6 Å². The molecule has 7 heteroatoms. The van der Waals surface area contributed by atoms with Gasteiger partial charge in [-0.15, -0.1) is 11.3 Å². The van der Waals surface area contributed by atoms with Crippen LogP contribution in [0.2, 0.25) is 0 Å². The van der Waals surface area contributed by atoms with E-state index in [1.54, 1.807) is 0 Å². The van der Waals surface area contributed by atoms with Gasteiger partial charge in [0.05, 0.1) is 5.69 Å². The van der Waals surface area contributed by atoms with Crippen LogP contribution in [0.4, 0.5) is 5.13 Å². The second-order valence-electron chi connectivity index (χ2n) is 7.81. The van der Waals surface area contributed by atoms with Gasteiger partial charge in [0.25, 0.3) is 5.91 Å². The highest BCUT2D eigenvalue weighted by atomic mass is 32.1. The lowest BCUT2D eigenvalue weighted by Gasteiger charge is -2.29. The second kappa shape index (κ2) is 7.56. The largest absolute Gasteiger partial charge is 0.354 e. The van der Waals surface area contributed by atoms with E-state index in [9.17, 15) is 9.59 Å². The number of carbonyl (C=O) groups excluding carboxylic acids is 2. The van der Waals surface area contributed by atoms with Crippen molar-refractivity contribution in [2.45, 2.75) is 52.5 Å². The number of piperidine rings is 1. The molecule has 0 atom stereocenters. The topological polar surface area (TPSA) is 78.1 Å². The molecule has 0 aromatic carbocycles. The summed E-state index contributed by atoms with van der Waals surface area (Å²) in [5.41, 5.74) is 3.85. The van der Waals surface area contributed by atoms with E-state index in [2.05, 4.69) is 27.1 Å². The highest BCUT2D eigenvalue weighted by Crippen LogP contribution is 2.27. The zero-order chi connectivity index (χ0) is 19.0. The van der Waals surface area contributed by atoms with Gasteiger partial charge in [0.2, 0.25) is 0 Å². The van der Waals surface area contributed by atoms with Gasteiger partial charge in [-0.05, 0) is 57.2 Å². The Morgan fingerprint density at radius 3 is 2.89 bits per heavy atom. The zero-order valence-corrected chi connectivity index (χ0v) is 16.7. The van der Waals surface area contributed by atoms with Crippen molar-refractivity contribution in [1.82, 2.24) is 14.9 Å². The highest BCUT2D eigenvalue weighted by molar-refractivity contribution is 7.13. The van der Waals surface area contributed by atoms with Crippen molar-refractivity contribution in [2.75, 3.05) is 18.4 Å². The maximum Gasteiger partial charge on any atom is 0.274 e. The average molecular weight is 387 g/mol. The molecule has 1 fully saturated rings. The number of amides is 1. The van der Waals surface area contributed by atoms with E-state index < -0.39 is 0 Å². The number of hydrogen-bond donors (Lipinski definition) is 2. The predicted octanol–water partition coefficient (Wildman–Crippen LogP) is 3.78. The van der Waals surface area contributed by atoms with Gasteiger partial charge in [0.15, 0.2) is 10.9 Å². The van der Waals surface area contributed by atoms with Crippen LogP contribution in [0.3, 0.4) is 0 Å². The summed E-state index contributed by atoms with van der Waals surface area (Å²) in [5.74, 6) is 0.729. The number of carbonyl (C=O) groups is 2. The van der Waals surface area contributed by atoms with Gasteiger partial charge in [0.1, 0.15) is 5.69 Å². The van der Waals surface area contributed by atoms with E-state index in [0.29, 0.717) is 22.8 Å². The van der Waals surface area contributed by atoms with Crippen LogP contribution >= 0.6 is 11.3 Å². The fourth-order valence-electron chi connectivity index (χ4n) is 4.05. The lowest BCUT2D eigenvalue weighted by molar-refractivity contribution is 0.0971. The molecule has 2 aromatic rings. The molecule has 2 N–H and O–H groups in total. The number of ketones is 1. The Bertz CT molecular complexity index is 861. The monoisotopic (exact) mass is 386 g/mol. The molecule has 27 heavy (non-hydrogen) atoms. The molecule has 1 saturated heterocycles. The molecule has 0 radical (unpaired) electrons. The van der Waals surface area contributed by atoms with E-state index in [1.807, 2.05) is 12.3 Å². The van der Waals surface area contributed by atoms with Crippen molar-refractivity contribution in [2.24, 2.45) is 5.92 Å². The Morgan fingerprint density at radius 1 is 1.37 bits per heavy atom. The van der Waals surface area contributed by atoms with E-state index in [4.69, 9.17) is 0 Å². The molecular weight excluding hydrogens is 360 g/mol. The van der Waals surface area contributed by atoms with Crippen molar-refractivity contribution in [3.63, 3.8) is 0 Å². The first-order valence-corrected chi connectivity index (χ1v) is 10.6. The Labute approximate surface area is 163 Å². The SMILES string of the molecule is Cc1c(C(=O)Nc2nc(CN3CCC(C)CC3)cs2)[nH]c2c1C(=O)CCC2. The van der Waals surface area contributed by atoms with Crippen molar-refractivity contribution >= 4 is 28.2 Å². The van der Waals surface area contributed by atoms with Crippen molar-refractivity contribution in [1.29, 1.82) is 0 Å². The number of Topliss-reactive ketones (excluding diaryl/α,β-unsaturated/α-hetero) is 1. The van der Waals surface area contributed by atoms with Crippen LogP contribution in [0.1, 0.15) is 70.4 Å². The third-order valence-corrected chi connectivity index (χ3v) is 6.50. The molecule has 4 rings (SSSR count).